The SMILES string of the molecule is CC(=O)Nc1ccccc1C(=O)N[C@H](Cc1ccc(C(=O)c2ccccc2)cc1)C(N)=O. The Kier molecular flexibility index (Phi) is 7.13. The molecule has 4 N–H and O–H groups in total. The average Bonchev–Trinajstić information content (AvgIpc) is 2.79. The van der Waals surface area contributed by atoms with Gasteiger partial charge in [-0.2, -0.15) is 0 Å². The van der Waals surface area contributed by atoms with Crippen molar-refractivity contribution in [1.29, 1.82) is 0 Å². The van der Waals surface area contributed by atoms with Crippen LogP contribution >= 0.6 is 0 Å². The lowest BCUT2D eigenvalue weighted by Gasteiger charge is -2.17. The molecule has 3 aromatic carbocycles. The van der Waals surface area contributed by atoms with Crippen molar-refractivity contribution in [2.75, 3.05) is 5.32 Å². The fraction of sp³-hybridized carbons (Fsp3) is 0.120. The Hall–Kier alpha value is -4.26. The minimum atomic E-state index is -0.969. The van der Waals surface area contributed by atoms with Gasteiger partial charge in [0.05, 0.1) is 11.3 Å². The Balaban J connectivity index is 1.72. The summed E-state index contributed by atoms with van der Waals surface area (Å²) < 4.78 is 0. The molecule has 0 aliphatic rings. The number of nitrogens with two attached hydrogens (primary N) is 1. The van der Waals surface area contributed by atoms with E-state index in [0.717, 1.165) is 5.56 Å². The number of amides is 3. The molecule has 3 rings (SSSR count). The molecule has 7 nitrogen and oxygen atoms in total. The van der Waals surface area contributed by atoms with Crippen molar-refractivity contribution in [3.8, 4) is 0 Å². The number of carbonyl (C=O) groups is 4. The normalized spacial score (nSPS) is 11.3. The van der Waals surface area contributed by atoms with Crippen LogP contribution in [-0.2, 0) is 16.0 Å². The first-order chi connectivity index (χ1) is 15.3. The van der Waals surface area contributed by atoms with E-state index in [-0.39, 0.29) is 23.7 Å². The van der Waals surface area contributed by atoms with Crippen LogP contribution in [0.2, 0.25) is 0 Å². The summed E-state index contributed by atoms with van der Waals surface area (Å²) >= 11 is 0. The number of anilines is 1. The van der Waals surface area contributed by atoms with Crippen molar-refractivity contribution in [1.82, 2.24) is 5.32 Å². The van der Waals surface area contributed by atoms with Gasteiger partial charge in [-0.25, -0.2) is 0 Å². The lowest BCUT2D eigenvalue weighted by atomic mass is 9.99. The summed E-state index contributed by atoms with van der Waals surface area (Å²) in [6, 6.07) is 21.2. The van der Waals surface area contributed by atoms with E-state index in [2.05, 4.69) is 10.6 Å². The van der Waals surface area contributed by atoms with Gasteiger partial charge in [0.15, 0.2) is 5.78 Å². The highest BCUT2D eigenvalue weighted by Crippen LogP contribution is 2.16. The van der Waals surface area contributed by atoms with Crippen LogP contribution in [0.5, 0.6) is 0 Å². The number of ketones is 1. The molecule has 3 amide bonds. The lowest BCUT2D eigenvalue weighted by Crippen LogP contribution is -2.46. The second-order valence-electron chi connectivity index (χ2n) is 7.25. The van der Waals surface area contributed by atoms with Gasteiger partial charge in [0.1, 0.15) is 6.04 Å². The first kappa shape index (κ1) is 22.4. The zero-order valence-electron chi connectivity index (χ0n) is 17.5. The zero-order valence-corrected chi connectivity index (χ0v) is 17.5. The van der Waals surface area contributed by atoms with Crippen molar-refractivity contribution in [3.63, 3.8) is 0 Å². The van der Waals surface area contributed by atoms with Gasteiger partial charge in [0, 0.05) is 24.5 Å². The molecule has 0 saturated heterocycles. The summed E-state index contributed by atoms with van der Waals surface area (Å²) in [5.74, 6) is -1.65. The van der Waals surface area contributed by atoms with Crippen LogP contribution in [0.1, 0.15) is 38.8 Å². The molecule has 0 saturated carbocycles. The predicted octanol–water partition coefficient (Wildman–Crippen LogP) is 2.70. The summed E-state index contributed by atoms with van der Waals surface area (Å²) in [7, 11) is 0. The molecule has 0 fully saturated rings. The molecule has 3 aromatic rings. The minimum absolute atomic E-state index is 0.105. The van der Waals surface area contributed by atoms with E-state index < -0.39 is 17.9 Å². The van der Waals surface area contributed by atoms with Gasteiger partial charge in [-0.05, 0) is 17.7 Å². The van der Waals surface area contributed by atoms with Crippen LogP contribution in [0.25, 0.3) is 0 Å². The van der Waals surface area contributed by atoms with E-state index >= 15 is 0 Å². The third-order valence-corrected chi connectivity index (χ3v) is 4.82. The van der Waals surface area contributed by atoms with Gasteiger partial charge in [0.25, 0.3) is 5.91 Å². The number of rotatable bonds is 8. The second kappa shape index (κ2) is 10.2. The van der Waals surface area contributed by atoms with Crippen LogP contribution in [0.4, 0.5) is 5.69 Å². The van der Waals surface area contributed by atoms with Crippen LogP contribution in [0.3, 0.4) is 0 Å². The third kappa shape index (κ3) is 5.66. The average molecular weight is 429 g/mol. The van der Waals surface area contributed by atoms with E-state index in [1.165, 1.54) is 6.92 Å². The van der Waals surface area contributed by atoms with E-state index in [1.54, 1.807) is 72.8 Å². The number of hydrogen-bond acceptors (Lipinski definition) is 4. The fourth-order valence-electron chi connectivity index (χ4n) is 3.22. The molecular weight excluding hydrogens is 406 g/mol. The molecular formula is C25H23N3O4. The molecule has 162 valence electrons. The Morgan fingerprint density at radius 1 is 0.812 bits per heavy atom. The quantitative estimate of drug-likeness (QED) is 0.477. The first-order valence-electron chi connectivity index (χ1n) is 10.0. The summed E-state index contributed by atoms with van der Waals surface area (Å²) in [6.45, 7) is 1.34. The standard InChI is InChI=1S/C25H23N3O4/c1-16(29)27-21-10-6-5-9-20(21)25(32)28-22(24(26)31)15-17-11-13-19(14-12-17)23(30)18-7-3-2-4-8-18/h2-14,22H,15H2,1H3,(H2,26,31)(H,27,29)(H,28,32)/t22-/m1/s1. The number of primary amides is 1. The predicted molar refractivity (Wildman–Crippen MR) is 121 cm³/mol. The number of hydrogen-bond donors (Lipinski definition) is 3. The monoisotopic (exact) mass is 429 g/mol. The molecule has 7 heteroatoms. The van der Waals surface area contributed by atoms with Gasteiger partial charge in [0.2, 0.25) is 11.8 Å². The molecule has 0 unspecified atom stereocenters. The Morgan fingerprint density at radius 3 is 2.03 bits per heavy atom. The molecule has 0 aliphatic heterocycles. The van der Waals surface area contributed by atoms with Gasteiger partial charge >= 0.3 is 0 Å². The minimum Gasteiger partial charge on any atom is -0.368 e. The third-order valence-electron chi connectivity index (χ3n) is 4.82. The Morgan fingerprint density at radius 2 is 1.41 bits per heavy atom. The molecule has 0 heterocycles. The van der Waals surface area contributed by atoms with Crippen LogP contribution in [0, 0.1) is 0 Å². The zero-order chi connectivity index (χ0) is 23.1. The summed E-state index contributed by atoms with van der Waals surface area (Å²) in [5.41, 5.74) is 7.90. The van der Waals surface area contributed by atoms with Crippen molar-refractivity contribution in [3.05, 3.63) is 101 Å². The van der Waals surface area contributed by atoms with E-state index in [4.69, 9.17) is 5.73 Å². The summed E-state index contributed by atoms with van der Waals surface area (Å²) in [5, 5.41) is 5.22. The van der Waals surface area contributed by atoms with Crippen molar-refractivity contribution < 1.29 is 19.2 Å². The van der Waals surface area contributed by atoms with E-state index in [1.807, 2.05) is 6.07 Å². The number of carbonyl (C=O) groups excluding carboxylic acids is 4. The van der Waals surface area contributed by atoms with Crippen molar-refractivity contribution in [2.45, 2.75) is 19.4 Å². The van der Waals surface area contributed by atoms with Gasteiger partial charge < -0.3 is 16.4 Å². The van der Waals surface area contributed by atoms with Crippen LogP contribution < -0.4 is 16.4 Å². The van der Waals surface area contributed by atoms with Gasteiger partial charge in [-0.1, -0.05) is 66.7 Å². The molecule has 0 aromatic heterocycles. The van der Waals surface area contributed by atoms with E-state index in [0.29, 0.717) is 16.8 Å². The summed E-state index contributed by atoms with van der Waals surface area (Å²) in [6.07, 6.45) is 0.156. The molecule has 32 heavy (non-hydrogen) atoms. The molecule has 0 aliphatic carbocycles. The molecule has 0 radical (unpaired) electrons. The summed E-state index contributed by atoms with van der Waals surface area (Å²) in [4.78, 5) is 48.6. The van der Waals surface area contributed by atoms with Crippen LogP contribution in [0.15, 0.2) is 78.9 Å². The highest BCUT2D eigenvalue weighted by molar-refractivity contribution is 6.09. The highest BCUT2D eigenvalue weighted by atomic mass is 16.2. The number of benzene rings is 3. The molecule has 0 bridgehead atoms. The largest absolute Gasteiger partial charge is 0.368 e. The first-order valence-corrected chi connectivity index (χ1v) is 10.0. The van der Waals surface area contributed by atoms with Crippen LogP contribution in [-0.4, -0.2) is 29.5 Å². The number of nitrogens with one attached hydrogen (secondary N) is 2. The topological polar surface area (TPSA) is 118 Å². The lowest BCUT2D eigenvalue weighted by molar-refractivity contribution is -0.119. The van der Waals surface area contributed by atoms with Gasteiger partial charge in [-0.15, -0.1) is 0 Å². The van der Waals surface area contributed by atoms with Crippen molar-refractivity contribution >= 4 is 29.2 Å². The maximum absolute atomic E-state index is 12.7. The van der Waals surface area contributed by atoms with Crippen molar-refractivity contribution in [2.24, 2.45) is 5.73 Å². The molecule has 0 spiro atoms. The fourth-order valence-corrected chi connectivity index (χ4v) is 3.22. The highest BCUT2D eigenvalue weighted by Gasteiger charge is 2.21. The second-order valence-corrected chi connectivity index (χ2v) is 7.25. The smallest absolute Gasteiger partial charge is 0.254 e. The molecule has 1 atom stereocenters. The maximum Gasteiger partial charge on any atom is 0.254 e. The Labute approximate surface area is 185 Å². The number of para-hydroxylation sites is 1. The van der Waals surface area contributed by atoms with Gasteiger partial charge in [-0.3, -0.25) is 19.2 Å². The van der Waals surface area contributed by atoms with E-state index in [9.17, 15) is 19.2 Å². The maximum atomic E-state index is 12.7. The Bertz CT molecular complexity index is 1140.